The number of hydrogen-bond donors (Lipinski definition) is 0. The molecule has 0 amide bonds. The maximum atomic E-state index is 2.34. The van der Waals surface area contributed by atoms with Crippen molar-refractivity contribution in [3.05, 3.63) is 0 Å². The second kappa shape index (κ2) is 13.4. The smallest absolute Gasteiger partial charge is 0.0786 e. The molecule has 0 bridgehead atoms. The van der Waals surface area contributed by atoms with E-state index < -0.39 is 0 Å². The van der Waals surface area contributed by atoms with Crippen LogP contribution in [0.25, 0.3) is 0 Å². The van der Waals surface area contributed by atoms with Gasteiger partial charge in [0.2, 0.25) is 0 Å². The predicted octanol–water partition coefficient (Wildman–Crippen LogP) is 4.83. The molecule has 0 aliphatic heterocycles. The average molecular weight is 259 g/mol. The summed E-state index contributed by atoms with van der Waals surface area (Å²) in [4.78, 5) is 0. The van der Waals surface area contributed by atoms with E-state index in [2.05, 4.69) is 27.7 Å². The molecule has 0 radical (unpaired) electrons. The Kier molecular flexibility index (Phi) is 15.0. The number of rotatable bonds is 12. The van der Waals surface area contributed by atoms with Gasteiger partial charge < -0.3 is 9.96 Å². The van der Waals surface area contributed by atoms with Crippen molar-refractivity contribution in [3.8, 4) is 0 Å². The first-order chi connectivity index (χ1) is 8.24. The number of quaternary nitrogens is 1. The van der Waals surface area contributed by atoms with Crippen molar-refractivity contribution >= 4 is 0 Å². The lowest BCUT2D eigenvalue weighted by atomic mass is 10.1. The molecule has 0 aliphatic carbocycles. The molecule has 2 heteroatoms. The Labute approximate surface area is 116 Å². The molecule has 0 heterocycles. The van der Waals surface area contributed by atoms with E-state index in [0.29, 0.717) is 0 Å². The van der Waals surface area contributed by atoms with Crippen LogP contribution in [0.1, 0.15) is 79.1 Å². The largest absolute Gasteiger partial charge is 0.870 e. The minimum Gasteiger partial charge on any atom is -0.870 e. The van der Waals surface area contributed by atoms with Crippen LogP contribution in [-0.4, -0.2) is 36.1 Å². The van der Waals surface area contributed by atoms with Crippen molar-refractivity contribution in [3.63, 3.8) is 0 Å². The zero-order valence-corrected chi connectivity index (χ0v) is 13.4. The molecule has 2 nitrogen and oxygen atoms in total. The highest BCUT2D eigenvalue weighted by atomic mass is 16.0. The number of hydrogen-bond acceptors (Lipinski definition) is 1. The molecule has 0 saturated heterocycles. The lowest BCUT2D eigenvalue weighted by molar-refractivity contribution is -0.923. The highest BCUT2D eigenvalue weighted by Crippen LogP contribution is 2.12. The van der Waals surface area contributed by atoms with Gasteiger partial charge in [0.05, 0.1) is 26.2 Å². The molecular formula is C16H37NO. The van der Waals surface area contributed by atoms with Gasteiger partial charge in [-0.2, -0.15) is 0 Å². The number of unbranched alkanes of at least 4 members (excludes halogenated alkanes) is 7. The van der Waals surface area contributed by atoms with Crippen molar-refractivity contribution in [2.24, 2.45) is 0 Å². The third-order valence-electron chi connectivity index (χ3n) is 4.50. The van der Waals surface area contributed by atoms with Gasteiger partial charge in [0, 0.05) is 0 Å². The van der Waals surface area contributed by atoms with E-state index >= 15 is 0 Å². The molecule has 1 N–H and O–H groups in total. The average Bonchev–Trinajstić information content (AvgIpc) is 2.38. The fourth-order valence-corrected chi connectivity index (χ4v) is 2.73. The Morgan fingerprint density at radius 1 is 0.556 bits per heavy atom. The van der Waals surface area contributed by atoms with Gasteiger partial charge in [-0.1, -0.05) is 45.4 Å². The second-order valence-corrected chi connectivity index (χ2v) is 5.49. The minimum absolute atomic E-state index is 0. The maximum absolute atomic E-state index is 2.34. The summed E-state index contributed by atoms with van der Waals surface area (Å²) in [5.41, 5.74) is 0. The van der Waals surface area contributed by atoms with E-state index in [0.717, 1.165) is 0 Å². The second-order valence-electron chi connectivity index (χ2n) is 5.49. The van der Waals surface area contributed by atoms with Crippen LogP contribution in [0.15, 0.2) is 0 Å². The van der Waals surface area contributed by atoms with Crippen LogP contribution in [-0.2, 0) is 0 Å². The van der Waals surface area contributed by atoms with Gasteiger partial charge in [0.15, 0.2) is 0 Å². The minimum atomic E-state index is 0. The zero-order chi connectivity index (χ0) is 13.0. The van der Waals surface area contributed by atoms with E-state index in [1.165, 1.54) is 82.0 Å². The Hall–Kier alpha value is -0.0800. The van der Waals surface area contributed by atoms with Gasteiger partial charge in [-0.25, -0.2) is 0 Å². The fraction of sp³-hybridized carbons (Fsp3) is 1.00. The standard InChI is InChI=1S/C16H36N.H2O/c1-5-9-10-11-12-13-14-15-16-17(6-2,7-3)8-4;/h5-16H2,1-4H3;1H2/q+1;/p-1. The first-order valence-corrected chi connectivity index (χ1v) is 8.09. The normalized spacial score (nSPS) is 11.3. The summed E-state index contributed by atoms with van der Waals surface area (Å²) in [5.74, 6) is 0. The molecule has 112 valence electrons. The summed E-state index contributed by atoms with van der Waals surface area (Å²) < 4.78 is 1.33. The van der Waals surface area contributed by atoms with E-state index in [4.69, 9.17) is 0 Å². The molecule has 18 heavy (non-hydrogen) atoms. The molecule has 0 unspecified atom stereocenters. The van der Waals surface area contributed by atoms with Gasteiger partial charge in [-0.3, -0.25) is 0 Å². The fourth-order valence-electron chi connectivity index (χ4n) is 2.73. The lowest BCUT2D eigenvalue weighted by Crippen LogP contribution is -2.48. The predicted molar refractivity (Wildman–Crippen MR) is 81.3 cm³/mol. The van der Waals surface area contributed by atoms with Crippen molar-refractivity contribution in [2.75, 3.05) is 26.2 Å². The molecule has 0 aromatic heterocycles. The summed E-state index contributed by atoms with van der Waals surface area (Å²) in [7, 11) is 0. The van der Waals surface area contributed by atoms with Crippen LogP contribution in [0.2, 0.25) is 0 Å². The monoisotopic (exact) mass is 259 g/mol. The first-order valence-electron chi connectivity index (χ1n) is 8.09. The Morgan fingerprint density at radius 3 is 1.33 bits per heavy atom. The van der Waals surface area contributed by atoms with E-state index in [1.54, 1.807) is 0 Å². The van der Waals surface area contributed by atoms with Gasteiger partial charge in [0.25, 0.3) is 0 Å². The number of nitrogens with zero attached hydrogens (tertiary/aromatic N) is 1. The summed E-state index contributed by atoms with van der Waals surface area (Å²) in [5, 5.41) is 0. The summed E-state index contributed by atoms with van der Waals surface area (Å²) in [6.07, 6.45) is 11.5. The van der Waals surface area contributed by atoms with Crippen LogP contribution in [0.4, 0.5) is 0 Å². The van der Waals surface area contributed by atoms with Crippen LogP contribution in [0.5, 0.6) is 0 Å². The Morgan fingerprint density at radius 2 is 0.944 bits per heavy atom. The van der Waals surface area contributed by atoms with Crippen molar-refractivity contribution in [1.82, 2.24) is 0 Å². The molecule has 0 fully saturated rings. The van der Waals surface area contributed by atoms with E-state index in [1.807, 2.05) is 0 Å². The van der Waals surface area contributed by atoms with Crippen LogP contribution in [0.3, 0.4) is 0 Å². The van der Waals surface area contributed by atoms with E-state index in [9.17, 15) is 0 Å². The zero-order valence-electron chi connectivity index (χ0n) is 13.4. The molecule has 0 aromatic carbocycles. The Balaban J connectivity index is 0. The third kappa shape index (κ3) is 8.93. The van der Waals surface area contributed by atoms with Gasteiger partial charge in [-0.05, 0) is 33.6 Å². The molecular weight excluding hydrogens is 222 g/mol. The summed E-state index contributed by atoms with van der Waals surface area (Å²) >= 11 is 0. The summed E-state index contributed by atoms with van der Waals surface area (Å²) in [6.45, 7) is 14.7. The van der Waals surface area contributed by atoms with E-state index in [-0.39, 0.29) is 5.48 Å². The van der Waals surface area contributed by atoms with Gasteiger partial charge >= 0.3 is 0 Å². The molecule has 0 saturated carbocycles. The van der Waals surface area contributed by atoms with Gasteiger partial charge in [0.1, 0.15) is 0 Å². The molecule has 0 aliphatic rings. The molecule has 0 atom stereocenters. The lowest BCUT2D eigenvalue weighted by Gasteiger charge is -2.35. The van der Waals surface area contributed by atoms with Gasteiger partial charge in [-0.15, -0.1) is 0 Å². The quantitative estimate of drug-likeness (QED) is 0.365. The molecule has 0 aromatic rings. The molecule has 0 rings (SSSR count). The first kappa shape index (κ1) is 20.2. The van der Waals surface area contributed by atoms with Crippen LogP contribution in [0, 0.1) is 0 Å². The third-order valence-corrected chi connectivity index (χ3v) is 4.50. The Bertz CT molecular complexity index is 147. The SMILES string of the molecule is CCCCCCCCCC[N+](CC)(CC)CC.[OH-]. The summed E-state index contributed by atoms with van der Waals surface area (Å²) in [6, 6.07) is 0. The highest BCUT2D eigenvalue weighted by Gasteiger charge is 2.19. The van der Waals surface area contributed by atoms with Crippen molar-refractivity contribution < 1.29 is 9.96 Å². The van der Waals surface area contributed by atoms with Crippen molar-refractivity contribution in [1.29, 1.82) is 0 Å². The molecule has 0 spiro atoms. The topological polar surface area (TPSA) is 30.0 Å². The van der Waals surface area contributed by atoms with Crippen LogP contribution >= 0.6 is 0 Å². The maximum Gasteiger partial charge on any atom is 0.0786 e. The highest BCUT2D eigenvalue weighted by molar-refractivity contribution is 4.47. The van der Waals surface area contributed by atoms with Crippen molar-refractivity contribution in [2.45, 2.75) is 79.1 Å². The van der Waals surface area contributed by atoms with Crippen LogP contribution < -0.4 is 0 Å².